The number of aryl methyl sites for hydroxylation is 1. The maximum absolute atomic E-state index is 12.0. The molecule has 0 bridgehead atoms. The molecule has 0 aromatic carbocycles. The van der Waals surface area contributed by atoms with Crippen LogP contribution in [0.2, 0.25) is 0 Å². The molecule has 21 heavy (non-hydrogen) atoms. The summed E-state index contributed by atoms with van der Waals surface area (Å²) in [5.41, 5.74) is 0.645. The third kappa shape index (κ3) is 4.34. The zero-order valence-electron chi connectivity index (χ0n) is 12.9. The average molecular weight is 294 g/mol. The number of hydrogen-bond acceptors (Lipinski definition) is 4. The fourth-order valence-electron chi connectivity index (χ4n) is 1.94. The molecule has 0 saturated carbocycles. The average Bonchev–Trinajstić information content (AvgIpc) is 2.85. The first-order valence-electron chi connectivity index (χ1n) is 6.71. The highest BCUT2D eigenvalue weighted by atomic mass is 16.5. The second kappa shape index (κ2) is 7.47. The number of methoxy groups -OCH3 is 1. The summed E-state index contributed by atoms with van der Waals surface area (Å²) in [7, 11) is 3.33. The lowest BCUT2D eigenvalue weighted by molar-refractivity contribution is -0.132. The van der Waals surface area contributed by atoms with Crippen molar-refractivity contribution in [1.82, 2.24) is 20.0 Å². The van der Waals surface area contributed by atoms with E-state index in [0.717, 1.165) is 0 Å². The molecular formula is C14H22N4O3. The zero-order chi connectivity index (χ0) is 16.0. The number of ether oxygens (including phenoxy) is 1. The van der Waals surface area contributed by atoms with E-state index < -0.39 is 0 Å². The van der Waals surface area contributed by atoms with Gasteiger partial charge in [0.15, 0.2) is 5.75 Å². The lowest BCUT2D eigenvalue weighted by atomic mass is 10.2. The van der Waals surface area contributed by atoms with Gasteiger partial charge in [-0.15, -0.1) is 0 Å². The van der Waals surface area contributed by atoms with Crippen molar-refractivity contribution < 1.29 is 14.3 Å². The van der Waals surface area contributed by atoms with Crippen LogP contribution in [-0.4, -0.2) is 46.7 Å². The van der Waals surface area contributed by atoms with E-state index in [1.165, 1.54) is 11.0 Å². The minimum Gasteiger partial charge on any atom is -0.493 e. The van der Waals surface area contributed by atoms with Gasteiger partial charge in [0.05, 0.1) is 25.9 Å². The highest BCUT2D eigenvalue weighted by Gasteiger charge is 2.19. The maximum Gasteiger partial charge on any atom is 0.246 e. The van der Waals surface area contributed by atoms with Gasteiger partial charge in [0, 0.05) is 13.6 Å². The Bertz CT molecular complexity index is 524. The summed E-state index contributed by atoms with van der Waals surface area (Å²) in [4.78, 5) is 24.9. The number of hydrogen-bond donors (Lipinski definition) is 1. The minimum absolute atomic E-state index is 0.0131. The molecule has 0 radical (unpaired) electrons. The molecular weight excluding hydrogens is 272 g/mol. The molecule has 1 N–H and O–H groups in total. The molecule has 1 unspecified atom stereocenters. The van der Waals surface area contributed by atoms with Crippen LogP contribution in [0.3, 0.4) is 0 Å². The van der Waals surface area contributed by atoms with E-state index in [-0.39, 0.29) is 24.4 Å². The Kier molecular flexibility index (Phi) is 5.95. The number of carbonyl (C=O) groups is 2. The van der Waals surface area contributed by atoms with Crippen molar-refractivity contribution in [3.05, 3.63) is 24.5 Å². The smallest absolute Gasteiger partial charge is 0.246 e. The number of likely N-dealkylation sites (N-methyl/N-ethyl adjacent to an activating group) is 1. The van der Waals surface area contributed by atoms with Crippen molar-refractivity contribution in [1.29, 1.82) is 0 Å². The Labute approximate surface area is 124 Å². The first-order valence-corrected chi connectivity index (χ1v) is 6.71. The van der Waals surface area contributed by atoms with Crippen LogP contribution in [0.4, 0.5) is 0 Å². The van der Waals surface area contributed by atoms with E-state index in [0.29, 0.717) is 18.0 Å². The Morgan fingerprint density at radius 1 is 1.62 bits per heavy atom. The van der Waals surface area contributed by atoms with Crippen molar-refractivity contribution in [2.45, 2.75) is 19.9 Å². The van der Waals surface area contributed by atoms with Gasteiger partial charge in [0.25, 0.3) is 0 Å². The molecule has 1 heterocycles. The number of carbonyl (C=O) groups excluding carboxylic acids is 2. The van der Waals surface area contributed by atoms with E-state index in [4.69, 9.17) is 4.74 Å². The summed E-state index contributed by atoms with van der Waals surface area (Å²) in [5, 5.41) is 7.07. The standard InChI is InChI=1S/C14H22N4O3/c1-6-13(20)18(7-2)9-12(19)15-10(3)14-11(21-5)8-17(4)16-14/h6,8,10H,1,7,9H2,2-5H3,(H,15,19). The van der Waals surface area contributed by atoms with Crippen LogP contribution in [0.5, 0.6) is 5.75 Å². The third-order valence-electron chi connectivity index (χ3n) is 3.03. The highest BCUT2D eigenvalue weighted by molar-refractivity contribution is 5.90. The summed E-state index contributed by atoms with van der Waals surface area (Å²) in [6, 6.07) is -0.314. The number of nitrogens with one attached hydrogen (secondary N) is 1. The Hall–Kier alpha value is -2.31. The first kappa shape index (κ1) is 16.7. The largest absolute Gasteiger partial charge is 0.493 e. The van der Waals surface area contributed by atoms with Gasteiger partial charge in [-0.05, 0) is 19.9 Å². The predicted molar refractivity (Wildman–Crippen MR) is 78.8 cm³/mol. The van der Waals surface area contributed by atoms with Gasteiger partial charge in [0.2, 0.25) is 11.8 Å². The van der Waals surface area contributed by atoms with Crippen molar-refractivity contribution >= 4 is 11.8 Å². The van der Waals surface area contributed by atoms with Gasteiger partial charge in [-0.1, -0.05) is 6.58 Å². The Morgan fingerprint density at radius 3 is 2.81 bits per heavy atom. The first-order chi connectivity index (χ1) is 9.92. The molecule has 7 heteroatoms. The number of aromatic nitrogens is 2. The molecule has 1 aromatic heterocycles. The Morgan fingerprint density at radius 2 is 2.29 bits per heavy atom. The molecule has 0 fully saturated rings. The van der Waals surface area contributed by atoms with Crippen molar-refractivity contribution in [3.63, 3.8) is 0 Å². The molecule has 0 aliphatic rings. The normalized spacial score (nSPS) is 11.6. The number of amides is 2. The summed E-state index contributed by atoms with van der Waals surface area (Å²) in [5.74, 6) is 0.0859. The van der Waals surface area contributed by atoms with Crippen LogP contribution < -0.4 is 10.1 Å². The van der Waals surface area contributed by atoms with Gasteiger partial charge in [0.1, 0.15) is 5.69 Å². The van der Waals surface area contributed by atoms with E-state index in [1.54, 1.807) is 32.0 Å². The van der Waals surface area contributed by atoms with Gasteiger partial charge in [-0.3, -0.25) is 14.3 Å². The molecule has 2 amide bonds. The maximum atomic E-state index is 12.0. The quantitative estimate of drug-likeness (QED) is 0.749. The molecule has 0 saturated heterocycles. The lowest BCUT2D eigenvalue weighted by Gasteiger charge is -2.20. The lowest BCUT2D eigenvalue weighted by Crippen LogP contribution is -2.40. The van der Waals surface area contributed by atoms with Crippen molar-refractivity contribution in [3.8, 4) is 5.75 Å². The van der Waals surface area contributed by atoms with Gasteiger partial charge >= 0.3 is 0 Å². The molecule has 0 aliphatic heterocycles. The summed E-state index contributed by atoms with van der Waals surface area (Å²) in [6.07, 6.45) is 2.93. The molecule has 0 aliphatic carbocycles. The second-order valence-corrected chi connectivity index (χ2v) is 4.60. The third-order valence-corrected chi connectivity index (χ3v) is 3.03. The van der Waals surface area contributed by atoms with E-state index >= 15 is 0 Å². The summed E-state index contributed by atoms with van der Waals surface area (Å²) < 4.78 is 6.84. The van der Waals surface area contributed by atoms with Crippen LogP contribution in [0.25, 0.3) is 0 Å². The number of rotatable bonds is 7. The highest BCUT2D eigenvalue weighted by Crippen LogP contribution is 2.22. The van der Waals surface area contributed by atoms with Crippen LogP contribution in [0.1, 0.15) is 25.6 Å². The van der Waals surface area contributed by atoms with Crippen LogP contribution >= 0.6 is 0 Å². The zero-order valence-corrected chi connectivity index (χ0v) is 12.9. The SMILES string of the molecule is C=CC(=O)N(CC)CC(=O)NC(C)c1nn(C)cc1OC. The fourth-order valence-corrected chi connectivity index (χ4v) is 1.94. The molecule has 1 rings (SSSR count). The van der Waals surface area contributed by atoms with Crippen LogP contribution in [0, 0.1) is 0 Å². The molecule has 1 aromatic rings. The molecule has 116 valence electrons. The monoisotopic (exact) mass is 294 g/mol. The van der Waals surface area contributed by atoms with E-state index in [1.807, 2.05) is 6.92 Å². The van der Waals surface area contributed by atoms with Crippen LogP contribution in [0.15, 0.2) is 18.9 Å². The van der Waals surface area contributed by atoms with Gasteiger partial charge < -0.3 is 15.0 Å². The van der Waals surface area contributed by atoms with Crippen molar-refractivity contribution in [2.75, 3.05) is 20.2 Å². The van der Waals surface area contributed by atoms with Crippen LogP contribution in [-0.2, 0) is 16.6 Å². The minimum atomic E-state index is -0.314. The molecule has 7 nitrogen and oxygen atoms in total. The van der Waals surface area contributed by atoms with Gasteiger partial charge in [-0.25, -0.2) is 0 Å². The summed E-state index contributed by atoms with van der Waals surface area (Å²) >= 11 is 0. The van der Waals surface area contributed by atoms with Crippen molar-refractivity contribution in [2.24, 2.45) is 7.05 Å². The Balaban J connectivity index is 2.69. The predicted octanol–water partition coefficient (Wildman–Crippen LogP) is 0.640. The van der Waals surface area contributed by atoms with E-state index in [9.17, 15) is 9.59 Å². The molecule has 0 spiro atoms. The van der Waals surface area contributed by atoms with Gasteiger partial charge in [-0.2, -0.15) is 5.10 Å². The summed E-state index contributed by atoms with van der Waals surface area (Å²) in [6.45, 7) is 7.47. The molecule has 1 atom stereocenters. The fraction of sp³-hybridized carbons (Fsp3) is 0.500. The number of nitrogens with zero attached hydrogens (tertiary/aromatic N) is 3. The van der Waals surface area contributed by atoms with E-state index in [2.05, 4.69) is 17.0 Å². The second-order valence-electron chi connectivity index (χ2n) is 4.60. The topological polar surface area (TPSA) is 76.5 Å².